The Balaban J connectivity index is 1.61. The minimum atomic E-state index is 0.129. The molecule has 0 saturated carbocycles. The summed E-state index contributed by atoms with van der Waals surface area (Å²) < 4.78 is 0. The first-order valence-electron chi connectivity index (χ1n) is 7.56. The van der Waals surface area contributed by atoms with Crippen LogP contribution in [0.2, 0.25) is 0 Å². The molecule has 1 N–H and O–H groups in total. The Morgan fingerprint density at radius 2 is 1.95 bits per heavy atom. The van der Waals surface area contributed by atoms with Crippen LogP contribution in [0.4, 0.5) is 0 Å². The van der Waals surface area contributed by atoms with Gasteiger partial charge in [0.2, 0.25) is 0 Å². The molecule has 3 nitrogen and oxygen atoms in total. The molecule has 3 heteroatoms. The van der Waals surface area contributed by atoms with Crippen LogP contribution in [0.3, 0.4) is 0 Å². The molecule has 0 saturated heterocycles. The molecule has 2 heterocycles. The van der Waals surface area contributed by atoms with Gasteiger partial charge in [-0.3, -0.25) is 4.79 Å². The van der Waals surface area contributed by atoms with Crippen LogP contribution < -0.4 is 0 Å². The number of hydrogen-bond donors (Lipinski definition) is 1. The third-order valence-corrected chi connectivity index (χ3v) is 4.47. The van der Waals surface area contributed by atoms with Crippen LogP contribution in [-0.2, 0) is 19.4 Å². The molecule has 0 bridgehead atoms. The summed E-state index contributed by atoms with van der Waals surface area (Å²) in [4.78, 5) is 18.0. The molecule has 1 aliphatic heterocycles. The van der Waals surface area contributed by atoms with Crippen molar-refractivity contribution in [2.75, 3.05) is 6.54 Å². The van der Waals surface area contributed by atoms with Crippen molar-refractivity contribution in [1.82, 2.24) is 9.88 Å². The van der Waals surface area contributed by atoms with Crippen molar-refractivity contribution >= 4 is 12.0 Å². The highest BCUT2D eigenvalue weighted by molar-refractivity contribution is 5.94. The van der Waals surface area contributed by atoms with Crippen molar-refractivity contribution in [3.8, 4) is 0 Å². The second kappa shape index (κ2) is 4.92. The zero-order chi connectivity index (χ0) is 14.2. The third kappa shape index (κ3) is 2.09. The summed E-state index contributed by atoms with van der Waals surface area (Å²) in [5.41, 5.74) is 6.17. The monoisotopic (exact) mass is 278 g/mol. The lowest BCUT2D eigenvalue weighted by Crippen LogP contribution is -2.36. The molecule has 21 heavy (non-hydrogen) atoms. The normalized spacial score (nSPS) is 16.5. The van der Waals surface area contributed by atoms with Crippen LogP contribution in [0, 0.1) is 0 Å². The second-order valence-corrected chi connectivity index (χ2v) is 5.76. The number of rotatable bonds is 1. The molecule has 1 amide bonds. The van der Waals surface area contributed by atoms with E-state index in [0.717, 1.165) is 31.4 Å². The Labute approximate surface area is 124 Å². The molecule has 2 aliphatic rings. The summed E-state index contributed by atoms with van der Waals surface area (Å²) in [7, 11) is 0. The first-order chi connectivity index (χ1) is 10.3. The lowest BCUT2D eigenvalue weighted by Gasteiger charge is -2.27. The predicted octanol–water partition coefficient (Wildman–Crippen LogP) is 3.17. The summed E-state index contributed by atoms with van der Waals surface area (Å²) in [6, 6.07) is 9.55. The van der Waals surface area contributed by atoms with E-state index in [1.165, 1.54) is 22.5 Å². The Hall–Kier alpha value is -2.29. The second-order valence-electron chi connectivity index (χ2n) is 5.76. The summed E-state index contributed by atoms with van der Waals surface area (Å²) in [5, 5.41) is 0. The van der Waals surface area contributed by atoms with Crippen molar-refractivity contribution in [2.45, 2.75) is 25.8 Å². The highest BCUT2D eigenvalue weighted by Crippen LogP contribution is 2.30. The number of carbonyl (C=O) groups is 1. The standard InChI is InChI=1S/C18H18N2O/c21-18(13-6-2-1-3-7-13)20-11-10-15-14-8-4-5-9-16(14)19-17(15)12-20/h1-3,5-7,9,19H,4,8,10-12H2. The largest absolute Gasteiger partial charge is 0.357 e. The summed E-state index contributed by atoms with van der Waals surface area (Å²) in [5.74, 6) is 0.129. The smallest absolute Gasteiger partial charge is 0.254 e. The molecule has 0 atom stereocenters. The molecule has 4 rings (SSSR count). The van der Waals surface area contributed by atoms with Gasteiger partial charge >= 0.3 is 0 Å². The Morgan fingerprint density at radius 3 is 2.81 bits per heavy atom. The van der Waals surface area contributed by atoms with Gasteiger partial charge in [0.15, 0.2) is 0 Å². The van der Waals surface area contributed by atoms with Gasteiger partial charge in [-0.05, 0) is 48.6 Å². The Morgan fingerprint density at radius 1 is 1.10 bits per heavy atom. The van der Waals surface area contributed by atoms with Gasteiger partial charge in [-0.2, -0.15) is 0 Å². The van der Waals surface area contributed by atoms with Gasteiger partial charge in [0, 0.05) is 23.5 Å². The zero-order valence-electron chi connectivity index (χ0n) is 11.9. The van der Waals surface area contributed by atoms with E-state index in [9.17, 15) is 4.79 Å². The highest BCUT2D eigenvalue weighted by atomic mass is 16.2. The molecule has 0 radical (unpaired) electrons. The SMILES string of the molecule is O=C(c1ccccc1)N1CCc2c([nH]c3c2CCC=C3)C1. The van der Waals surface area contributed by atoms with E-state index in [2.05, 4.69) is 17.1 Å². The Kier molecular flexibility index (Phi) is 2.92. The van der Waals surface area contributed by atoms with E-state index in [1.54, 1.807) is 0 Å². The number of H-pyrrole nitrogens is 1. The number of hydrogen-bond acceptors (Lipinski definition) is 1. The van der Waals surface area contributed by atoms with Gasteiger partial charge in [-0.25, -0.2) is 0 Å². The molecule has 1 aliphatic carbocycles. The summed E-state index contributed by atoms with van der Waals surface area (Å²) in [6.45, 7) is 1.51. The fourth-order valence-corrected chi connectivity index (χ4v) is 3.40. The van der Waals surface area contributed by atoms with Gasteiger partial charge in [0.05, 0.1) is 6.54 Å². The molecule has 0 fully saturated rings. The average Bonchev–Trinajstić information content (AvgIpc) is 2.92. The lowest BCUT2D eigenvalue weighted by atomic mass is 9.95. The van der Waals surface area contributed by atoms with Gasteiger partial charge in [-0.15, -0.1) is 0 Å². The van der Waals surface area contributed by atoms with Crippen molar-refractivity contribution < 1.29 is 4.79 Å². The first kappa shape index (κ1) is 12.5. The maximum atomic E-state index is 12.6. The Bertz CT molecular complexity index is 712. The molecule has 1 aromatic carbocycles. The number of aromatic amines is 1. The van der Waals surface area contributed by atoms with Crippen molar-refractivity contribution in [2.24, 2.45) is 0 Å². The summed E-state index contributed by atoms with van der Waals surface area (Å²) >= 11 is 0. The third-order valence-electron chi connectivity index (χ3n) is 4.47. The zero-order valence-corrected chi connectivity index (χ0v) is 11.9. The maximum Gasteiger partial charge on any atom is 0.254 e. The topological polar surface area (TPSA) is 36.1 Å². The van der Waals surface area contributed by atoms with E-state index in [1.807, 2.05) is 35.2 Å². The number of aromatic nitrogens is 1. The van der Waals surface area contributed by atoms with Crippen LogP contribution in [0.25, 0.3) is 6.08 Å². The van der Waals surface area contributed by atoms with E-state index >= 15 is 0 Å². The van der Waals surface area contributed by atoms with Crippen LogP contribution in [-0.4, -0.2) is 22.3 Å². The molecule has 0 unspecified atom stereocenters. The van der Waals surface area contributed by atoms with Crippen LogP contribution in [0.15, 0.2) is 36.4 Å². The molecular weight excluding hydrogens is 260 g/mol. The fraction of sp³-hybridized carbons (Fsp3) is 0.278. The predicted molar refractivity (Wildman–Crippen MR) is 83.0 cm³/mol. The van der Waals surface area contributed by atoms with E-state index in [4.69, 9.17) is 0 Å². The van der Waals surface area contributed by atoms with Crippen molar-refractivity contribution in [3.05, 3.63) is 64.5 Å². The average molecular weight is 278 g/mol. The number of fused-ring (bicyclic) bond motifs is 3. The number of nitrogens with one attached hydrogen (secondary N) is 1. The minimum Gasteiger partial charge on any atom is -0.357 e. The molecular formula is C18H18N2O. The van der Waals surface area contributed by atoms with Crippen LogP contribution in [0.5, 0.6) is 0 Å². The molecule has 2 aromatic rings. The van der Waals surface area contributed by atoms with Crippen molar-refractivity contribution in [3.63, 3.8) is 0 Å². The van der Waals surface area contributed by atoms with Gasteiger partial charge in [-0.1, -0.05) is 24.3 Å². The minimum absolute atomic E-state index is 0.129. The number of benzene rings is 1. The van der Waals surface area contributed by atoms with Crippen LogP contribution >= 0.6 is 0 Å². The van der Waals surface area contributed by atoms with Crippen LogP contribution in [0.1, 0.15) is 39.3 Å². The molecule has 1 aromatic heterocycles. The number of carbonyl (C=O) groups excluding carboxylic acids is 1. The number of nitrogens with zero attached hydrogens (tertiary/aromatic N) is 1. The van der Waals surface area contributed by atoms with Crippen molar-refractivity contribution in [1.29, 1.82) is 0 Å². The van der Waals surface area contributed by atoms with E-state index in [0.29, 0.717) is 6.54 Å². The quantitative estimate of drug-likeness (QED) is 0.854. The summed E-state index contributed by atoms with van der Waals surface area (Å²) in [6.07, 6.45) is 7.62. The fourth-order valence-electron chi connectivity index (χ4n) is 3.40. The molecule has 0 spiro atoms. The van der Waals surface area contributed by atoms with Gasteiger partial charge < -0.3 is 9.88 Å². The van der Waals surface area contributed by atoms with Gasteiger partial charge in [0.25, 0.3) is 5.91 Å². The maximum absolute atomic E-state index is 12.6. The highest BCUT2D eigenvalue weighted by Gasteiger charge is 2.26. The lowest BCUT2D eigenvalue weighted by molar-refractivity contribution is 0.0732. The number of allylic oxidation sites excluding steroid dienone is 1. The van der Waals surface area contributed by atoms with E-state index in [-0.39, 0.29) is 5.91 Å². The van der Waals surface area contributed by atoms with Gasteiger partial charge in [0.1, 0.15) is 0 Å². The van der Waals surface area contributed by atoms with E-state index < -0.39 is 0 Å². The number of amides is 1. The molecule has 106 valence electrons. The first-order valence-corrected chi connectivity index (χ1v) is 7.56.